The third-order valence-electron chi connectivity index (χ3n) is 2.07. The Balaban J connectivity index is 2.75. The Morgan fingerprint density at radius 2 is 2.07 bits per heavy atom. The maximum Gasteiger partial charge on any atom is 0.0731 e. The first-order valence-corrected chi connectivity index (χ1v) is 6.42. The van der Waals surface area contributed by atoms with Crippen molar-refractivity contribution in [1.82, 2.24) is 0 Å². The second-order valence-electron chi connectivity index (χ2n) is 4.98. The standard InChI is InChI=1S/C11H18BrNS/c1-7-5-9(14-10(7)12)8(13)6-11(2,3)4/h5,8H,6,13H2,1-4H3. The van der Waals surface area contributed by atoms with Crippen molar-refractivity contribution in [2.24, 2.45) is 11.1 Å². The minimum atomic E-state index is 0.171. The SMILES string of the molecule is Cc1cc(C(N)CC(C)(C)C)sc1Br. The highest BCUT2D eigenvalue weighted by atomic mass is 79.9. The number of hydrogen-bond donors (Lipinski definition) is 1. The zero-order valence-electron chi connectivity index (χ0n) is 9.23. The molecule has 0 bridgehead atoms. The molecule has 0 aromatic carbocycles. The van der Waals surface area contributed by atoms with Crippen LogP contribution in [0.15, 0.2) is 9.85 Å². The van der Waals surface area contributed by atoms with Crippen molar-refractivity contribution in [3.8, 4) is 0 Å². The molecule has 1 aromatic rings. The molecule has 0 radical (unpaired) electrons. The van der Waals surface area contributed by atoms with E-state index in [1.54, 1.807) is 11.3 Å². The van der Waals surface area contributed by atoms with Gasteiger partial charge in [-0.15, -0.1) is 11.3 Å². The van der Waals surface area contributed by atoms with E-state index in [1.807, 2.05) is 0 Å². The van der Waals surface area contributed by atoms with Gasteiger partial charge >= 0.3 is 0 Å². The second kappa shape index (κ2) is 4.33. The van der Waals surface area contributed by atoms with Crippen molar-refractivity contribution in [3.63, 3.8) is 0 Å². The summed E-state index contributed by atoms with van der Waals surface area (Å²) in [5.74, 6) is 0. The smallest absolute Gasteiger partial charge is 0.0731 e. The summed E-state index contributed by atoms with van der Waals surface area (Å²) in [6.45, 7) is 8.78. The molecule has 0 saturated carbocycles. The van der Waals surface area contributed by atoms with Gasteiger partial charge in [-0.25, -0.2) is 0 Å². The molecule has 1 rings (SSSR count). The molecule has 80 valence electrons. The minimum Gasteiger partial charge on any atom is -0.323 e. The van der Waals surface area contributed by atoms with E-state index in [0.717, 1.165) is 6.42 Å². The predicted molar refractivity (Wildman–Crippen MR) is 67.8 cm³/mol. The number of rotatable bonds is 2. The van der Waals surface area contributed by atoms with Crippen LogP contribution in [0.25, 0.3) is 0 Å². The normalized spacial score (nSPS) is 14.4. The molecule has 0 aliphatic heterocycles. The summed E-state index contributed by atoms with van der Waals surface area (Å²) in [5, 5.41) is 0. The molecule has 1 heterocycles. The Morgan fingerprint density at radius 3 is 2.43 bits per heavy atom. The van der Waals surface area contributed by atoms with Crippen molar-refractivity contribution >= 4 is 27.3 Å². The molecule has 3 heteroatoms. The van der Waals surface area contributed by atoms with Crippen LogP contribution < -0.4 is 5.73 Å². The summed E-state index contributed by atoms with van der Waals surface area (Å²) >= 11 is 5.28. The first-order chi connectivity index (χ1) is 6.29. The van der Waals surface area contributed by atoms with Crippen LogP contribution in [0.4, 0.5) is 0 Å². The van der Waals surface area contributed by atoms with E-state index < -0.39 is 0 Å². The first-order valence-electron chi connectivity index (χ1n) is 4.81. The summed E-state index contributed by atoms with van der Waals surface area (Å²) in [6.07, 6.45) is 1.03. The molecule has 1 atom stereocenters. The summed E-state index contributed by atoms with van der Waals surface area (Å²) in [6, 6.07) is 2.36. The molecule has 1 nitrogen and oxygen atoms in total. The zero-order valence-corrected chi connectivity index (χ0v) is 11.6. The van der Waals surface area contributed by atoms with Crippen LogP contribution in [0.1, 0.15) is 43.7 Å². The molecular formula is C11H18BrNS. The van der Waals surface area contributed by atoms with Gasteiger partial charge in [0.05, 0.1) is 3.79 Å². The molecule has 0 spiro atoms. The van der Waals surface area contributed by atoms with Crippen molar-refractivity contribution in [3.05, 3.63) is 20.3 Å². The van der Waals surface area contributed by atoms with E-state index in [4.69, 9.17) is 5.73 Å². The summed E-state index contributed by atoms with van der Waals surface area (Å²) in [4.78, 5) is 1.28. The molecule has 1 unspecified atom stereocenters. The number of hydrogen-bond acceptors (Lipinski definition) is 2. The van der Waals surface area contributed by atoms with Crippen LogP contribution in [-0.2, 0) is 0 Å². The summed E-state index contributed by atoms with van der Waals surface area (Å²) in [7, 11) is 0. The second-order valence-corrected chi connectivity index (χ2v) is 7.38. The Hall–Kier alpha value is 0.140. The lowest BCUT2D eigenvalue weighted by Crippen LogP contribution is -2.17. The Kier molecular flexibility index (Phi) is 3.78. The van der Waals surface area contributed by atoms with E-state index in [-0.39, 0.29) is 6.04 Å². The third-order valence-corrected chi connectivity index (χ3v) is 4.34. The van der Waals surface area contributed by atoms with Crippen LogP contribution in [0.5, 0.6) is 0 Å². The topological polar surface area (TPSA) is 26.0 Å². The van der Waals surface area contributed by atoms with E-state index in [1.165, 1.54) is 14.2 Å². The number of halogens is 1. The van der Waals surface area contributed by atoms with E-state index in [0.29, 0.717) is 5.41 Å². The molecule has 2 N–H and O–H groups in total. The fraction of sp³-hybridized carbons (Fsp3) is 0.636. The van der Waals surface area contributed by atoms with Gasteiger partial charge in [-0.1, -0.05) is 20.8 Å². The molecule has 0 amide bonds. The molecule has 0 fully saturated rings. The van der Waals surface area contributed by atoms with Crippen molar-refractivity contribution in [2.75, 3.05) is 0 Å². The van der Waals surface area contributed by atoms with E-state index in [9.17, 15) is 0 Å². The molecule has 0 saturated heterocycles. The van der Waals surface area contributed by atoms with Crippen LogP contribution >= 0.6 is 27.3 Å². The summed E-state index contributed by atoms with van der Waals surface area (Å²) < 4.78 is 1.21. The molecule has 1 aromatic heterocycles. The molecule has 14 heavy (non-hydrogen) atoms. The lowest BCUT2D eigenvalue weighted by molar-refractivity contribution is 0.345. The van der Waals surface area contributed by atoms with Crippen LogP contribution in [-0.4, -0.2) is 0 Å². The van der Waals surface area contributed by atoms with E-state index in [2.05, 4.69) is 49.7 Å². The number of aryl methyl sites for hydroxylation is 1. The highest BCUT2D eigenvalue weighted by Crippen LogP contribution is 2.35. The van der Waals surface area contributed by atoms with Gasteiger partial charge in [-0.3, -0.25) is 0 Å². The first kappa shape index (κ1) is 12.2. The van der Waals surface area contributed by atoms with Gasteiger partial charge in [-0.05, 0) is 46.3 Å². The average molecular weight is 276 g/mol. The van der Waals surface area contributed by atoms with Gasteiger partial charge in [0.2, 0.25) is 0 Å². The van der Waals surface area contributed by atoms with Gasteiger partial charge in [0.1, 0.15) is 0 Å². The lowest BCUT2D eigenvalue weighted by atomic mass is 9.88. The maximum absolute atomic E-state index is 6.15. The monoisotopic (exact) mass is 275 g/mol. The van der Waals surface area contributed by atoms with Gasteiger partial charge in [0.15, 0.2) is 0 Å². The Morgan fingerprint density at radius 1 is 1.50 bits per heavy atom. The maximum atomic E-state index is 6.15. The van der Waals surface area contributed by atoms with Crippen LogP contribution in [0, 0.1) is 12.3 Å². The fourth-order valence-electron chi connectivity index (χ4n) is 1.43. The van der Waals surface area contributed by atoms with Gasteiger partial charge in [0, 0.05) is 10.9 Å². The van der Waals surface area contributed by atoms with Gasteiger partial charge < -0.3 is 5.73 Å². The quantitative estimate of drug-likeness (QED) is 0.858. The van der Waals surface area contributed by atoms with Crippen molar-refractivity contribution in [1.29, 1.82) is 0 Å². The van der Waals surface area contributed by atoms with Gasteiger partial charge in [0.25, 0.3) is 0 Å². The number of nitrogens with two attached hydrogens (primary N) is 1. The van der Waals surface area contributed by atoms with E-state index >= 15 is 0 Å². The fourth-order valence-corrected chi connectivity index (χ4v) is 3.00. The molecular weight excluding hydrogens is 258 g/mol. The average Bonchev–Trinajstić information content (AvgIpc) is 2.28. The molecule has 0 aliphatic rings. The summed E-state index contributed by atoms with van der Waals surface area (Å²) in [5.41, 5.74) is 7.73. The zero-order chi connectivity index (χ0) is 10.9. The van der Waals surface area contributed by atoms with Crippen molar-refractivity contribution < 1.29 is 0 Å². The Labute approximate surface area is 98.8 Å². The molecule has 0 aliphatic carbocycles. The highest BCUT2D eigenvalue weighted by Gasteiger charge is 2.18. The Bertz CT molecular complexity index is 292. The van der Waals surface area contributed by atoms with Gasteiger partial charge in [-0.2, -0.15) is 0 Å². The minimum absolute atomic E-state index is 0.171. The number of thiophene rings is 1. The van der Waals surface area contributed by atoms with Crippen molar-refractivity contribution in [2.45, 2.75) is 40.2 Å². The predicted octanol–water partition coefficient (Wildman–Crippen LogP) is 4.26. The largest absolute Gasteiger partial charge is 0.323 e. The highest BCUT2D eigenvalue weighted by molar-refractivity contribution is 9.11. The lowest BCUT2D eigenvalue weighted by Gasteiger charge is -2.22. The van der Waals surface area contributed by atoms with Crippen LogP contribution in [0.2, 0.25) is 0 Å². The third kappa shape index (κ3) is 3.37. The van der Waals surface area contributed by atoms with Crippen LogP contribution in [0.3, 0.4) is 0 Å².